The van der Waals surface area contributed by atoms with Crippen LogP contribution in [0.15, 0.2) is 24.3 Å². The summed E-state index contributed by atoms with van der Waals surface area (Å²) in [7, 11) is 1.91. The van der Waals surface area contributed by atoms with E-state index < -0.39 is 5.60 Å². The maximum Gasteiger partial charge on any atom is 0.410 e. The minimum absolute atomic E-state index is 0.0944. The number of aromatic hydroxyl groups is 1. The standard InChI is InChI=1S/C18H28N2O3/c1-18(2,3)23-17(22)20-11-9-13(10-12-20)16(19-4)14-7-5-6-8-15(14)21/h5-8,13,16,19,21H,9-12H2,1-4H3. The molecule has 1 aromatic carbocycles. The molecule has 128 valence electrons. The highest BCUT2D eigenvalue weighted by atomic mass is 16.6. The number of hydrogen-bond donors (Lipinski definition) is 2. The second kappa shape index (κ2) is 7.21. The van der Waals surface area contributed by atoms with E-state index in [0.29, 0.717) is 24.8 Å². The molecule has 2 rings (SSSR count). The molecule has 1 aliphatic heterocycles. The van der Waals surface area contributed by atoms with Crippen molar-refractivity contribution in [3.8, 4) is 5.75 Å². The number of hydrogen-bond acceptors (Lipinski definition) is 4. The number of phenols is 1. The van der Waals surface area contributed by atoms with Gasteiger partial charge in [-0.15, -0.1) is 0 Å². The summed E-state index contributed by atoms with van der Waals surface area (Å²) >= 11 is 0. The van der Waals surface area contributed by atoms with Crippen LogP contribution < -0.4 is 5.32 Å². The Morgan fingerprint density at radius 2 is 1.91 bits per heavy atom. The first kappa shape index (κ1) is 17.6. The van der Waals surface area contributed by atoms with Gasteiger partial charge in [0.25, 0.3) is 0 Å². The van der Waals surface area contributed by atoms with Crippen LogP contribution in [-0.4, -0.2) is 41.8 Å². The monoisotopic (exact) mass is 320 g/mol. The molecule has 1 heterocycles. The SMILES string of the molecule is CNC(c1ccccc1O)C1CCN(C(=O)OC(C)(C)C)CC1. The number of phenolic OH excluding ortho intramolecular Hbond substituents is 1. The highest BCUT2D eigenvalue weighted by Crippen LogP contribution is 2.34. The van der Waals surface area contributed by atoms with Gasteiger partial charge in [-0.05, 0) is 52.6 Å². The number of benzene rings is 1. The molecule has 0 aliphatic carbocycles. The van der Waals surface area contributed by atoms with Gasteiger partial charge in [0, 0.05) is 24.7 Å². The van der Waals surface area contributed by atoms with Crippen LogP contribution in [0.2, 0.25) is 0 Å². The van der Waals surface area contributed by atoms with Gasteiger partial charge in [0.1, 0.15) is 11.4 Å². The molecule has 1 aliphatic rings. The van der Waals surface area contributed by atoms with Gasteiger partial charge in [-0.25, -0.2) is 4.79 Å². The van der Waals surface area contributed by atoms with E-state index in [9.17, 15) is 9.90 Å². The van der Waals surface area contributed by atoms with Crippen molar-refractivity contribution in [2.75, 3.05) is 20.1 Å². The van der Waals surface area contributed by atoms with Crippen molar-refractivity contribution in [2.45, 2.75) is 45.3 Å². The second-order valence-corrected chi connectivity index (χ2v) is 7.13. The smallest absolute Gasteiger partial charge is 0.410 e. The minimum atomic E-state index is -0.461. The first-order valence-electron chi connectivity index (χ1n) is 8.25. The maximum absolute atomic E-state index is 12.1. The number of nitrogens with zero attached hydrogens (tertiary/aromatic N) is 1. The molecule has 1 fully saturated rings. The summed E-state index contributed by atoms with van der Waals surface area (Å²) < 4.78 is 5.43. The summed E-state index contributed by atoms with van der Waals surface area (Å²) in [4.78, 5) is 13.9. The van der Waals surface area contributed by atoms with Crippen molar-refractivity contribution in [1.82, 2.24) is 10.2 Å². The molecule has 5 nitrogen and oxygen atoms in total. The number of nitrogens with one attached hydrogen (secondary N) is 1. The van der Waals surface area contributed by atoms with E-state index >= 15 is 0 Å². The zero-order chi connectivity index (χ0) is 17.0. The predicted molar refractivity (Wildman–Crippen MR) is 90.4 cm³/mol. The Morgan fingerprint density at radius 3 is 2.43 bits per heavy atom. The summed E-state index contributed by atoms with van der Waals surface area (Å²) in [6.07, 6.45) is 1.54. The van der Waals surface area contributed by atoms with E-state index in [1.807, 2.05) is 46.0 Å². The average molecular weight is 320 g/mol. The second-order valence-electron chi connectivity index (χ2n) is 7.13. The summed E-state index contributed by atoms with van der Waals surface area (Å²) in [6.45, 7) is 7.02. The lowest BCUT2D eigenvalue weighted by Crippen LogP contribution is -2.43. The average Bonchev–Trinajstić information content (AvgIpc) is 2.49. The van der Waals surface area contributed by atoms with E-state index in [2.05, 4.69) is 5.32 Å². The topological polar surface area (TPSA) is 61.8 Å². The summed E-state index contributed by atoms with van der Waals surface area (Å²) in [6, 6.07) is 7.54. The van der Waals surface area contributed by atoms with Crippen molar-refractivity contribution in [2.24, 2.45) is 5.92 Å². The lowest BCUT2D eigenvalue weighted by atomic mass is 9.85. The Balaban J connectivity index is 1.98. The molecule has 1 aromatic rings. The van der Waals surface area contributed by atoms with Crippen molar-refractivity contribution < 1.29 is 14.6 Å². The van der Waals surface area contributed by atoms with Crippen molar-refractivity contribution in [1.29, 1.82) is 0 Å². The third-order valence-electron chi connectivity index (χ3n) is 4.25. The van der Waals surface area contributed by atoms with E-state index in [4.69, 9.17) is 4.74 Å². The van der Waals surface area contributed by atoms with Gasteiger partial charge in [-0.2, -0.15) is 0 Å². The lowest BCUT2D eigenvalue weighted by molar-refractivity contribution is 0.0169. The summed E-state index contributed by atoms with van der Waals surface area (Å²) in [5.41, 5.74) is 0.461. The molecule has 0 bridgehead atoms. The molecule has 1 atom stereocenters. The molecule has 1 saturated heterocycles. The molecule has 1 unspecified atom stereocenters. The summed E-state index contributed by atoms with van der Waals surface area (Å²) in [5.74, 6) is 0.702. The molecule has 0 aromatic heterocycles. The number of carbonyl (C=O) groups is 1. The van der Waals surface area contributed by atoms with Crippen molar-refractivity contribution >= 4 is 6.09 Å². The molecule has 5 heteroatoms. The number of rotatable bonds is 3. The van der Waals surface area contributed by atoms with Crippen LogP contribution in [0.25, 0.3) is 0 Å². The fraction of sp³-hybridized carbons (Fsp3) is 0.611. The molecule has 2 N–H and O–H groups in total. The fourth-order valence-corrected chi connectivity index (χ4v) is 3.14. The third kappa shape index (κ3) is 4.61. The van der Waals surface area contributed by atoms with Crippen LogP contribution in [0, 0.1) is 5.92 Å². The number of ether oxygens (including phenoxy) is 1. The highest BCUT2D eigenvalue weighted by molar-refractivity contribution is 5.68. The predicted octanol–water partition coefficient (Wildman–Crippen LogP) is 3.30. The van der Waals surface area contributed by atoms with Gasteiger partial charge >= 0.3 is 6.09 Å². The van der Waals surface area contributed by atoms with Crippen molar-refractivity contribution in [3.05, 3.63) is 29.8 Å². The molecular formula is C18H28N2O3. The van der Waals surface area contributed by atoms with Gasteiger partial charge < -0.3 is 20.1 Å². The number of likely N-dealkylation sites (tertiary alicyclic amines) is 1. The fourth-order valence-electron chi connectivity index (χ4n) is 3.14. The molecule has 1 amide bonds. The summed E-state index contributed by atoms with van der Waals surface area (Å²) in [5, 5.41) is 13.4. The zero-order valence-electron chi connectivity index (χ0n) is 14.5. The Kier molecular flexibility index (Phi) is 5.52. The van der Waals surface area contributed by atoms with Gasteiger partial charge in [0.15, 0.2) is 0 Å². The maximum atomic E-state index is 12.1. The molecular weight excluding hydrogens is 292 g/mol. The Bertz CT molecular complexity index is 531. The number of para-hydroxylation sites is 1. The van der Waals surface area contributed by atoms with Crippen LogP contribution in [-0.2, 0) is 4.74 Å². The van der Waals surface area contributed by atoms with Crippen LogP contribution in [0.3, 0.4) is 0 Å². The highest BCUT2D eigenvalue weighted by Gasteiger charge is 2.31. The van der Waals surface area contributed by atoms with Crippen molar-refractivity contribution in [3.63, 3.8) is 0 Å². The minimum Gasteiger partial charge on any atom is -0.508 e. The van der Waals surface area contributed by atoms with E-state index in [1.165, 1.54) is 0 Å². The zero-order valence-corrected chi connectivity index (χ0v) is 14.5. The van der Waals surface area contributed by atoms with Crippen LogP contribution in [0.1, 0.15) is 45.2 Å². The quantitative estimate of drug-likeness (QED) is 0.897. The molecule has 0 spiro atoms. The largest absolute Gasteiger partial charge is 0.508 e. The van der Waals surface area contributed by atoms with E-state index in [1.54, 1.807) is 11.0 Å². The molecule has 0 radical (unpaired) electrons. The molecule has 23 heavy (non-hydrogen) atoms. The van der Waals surface area contributed by atoms with Gasteiger partial charge in [-0.3, -0.25) is 0 Å². The van der Waals surface area contributed by atoms with Crippen LogP contribution >= 0.6 is 0 Å². The number of amides is 1. The first-order valence-corrected chi connectivity index (χ1v) is 8.25. The number of carbonyl (C=O) groups excluding carboxylic acids is 1. The Morgan fingerprint density at radius 1 is 1.30 bits per heavy atom. The molecule has 0 saturated carbocycles. The van der Waals surface area contributed by atoms with Gasteiger partial charge in [-0.1, -0.05) is 18.2 Å². The van der Waals surface area contributed by atoms with Crippen LogP contribution in [0.5, 0.6) is 5.75 Å². The Hall–Kier alpha value is -1.75. The third-order valence-corrected chi connectivity index (χ3v) is 4.25. The Labute approximate surface area is 138 Å². The normalized spacial score (nSPS) is 17.8. The lowest BCUT2D eigenvalue weighted by Gasteiger charge is -2.37. The first-order chi connectivity index (χ1) is 10.8. The van der Waals surface area contributed by atoms with E-state index in [-0.39, 0.29) is 12.1 Å². The van der Waals surface area contributed by atoms with Crippen LogP contribution in [0.4, 0.5) is 4.79 Å². The van der Waals surface area contributed by atoms with Gasteiger partial charge in [0.05, 0.1) is 0 Å². The van der Waals surface area contributed by atoms with Gasteiger partial charge in [0.2, 0.25) is 0 Å². The van der Waals surface area contributed by atoms with E-state index in [0.717, 1.165) is 18.4 Å². The number of piperidine rings is 1.